The number of aromatic amines is 1. The average molecular weight is 594 g/mol. The van der Waals surface area contributed by atoms with E-state index in [1.54, 1.807) is 22.8 Å². The second kappa shape index (κ2) is 11.9. The first kappa shape index (κ1) is 26.8. The van der Waals surface area contributed by atoms with Gasteiger partial charge in [-0.15, -0.1) is 0 Å². The van der Waals surface area contributed by atoms with Gasteiger partial charge in [-0.2, -0.15) is 4.98 Å². The van der Waals surface area contributed by atoms with Crippen molar-refractivity contribution >= 4 is 46.4 Å². The molecule has 3 N–H and O–H groups in total. The predicted octanol–water partition coefficient (Wildman–Crippen LogP) is 3.89. The highest BCUT2D eigenvalue weighted by Gasteiger charge is 2.27. The van der Waals surface area contributed by atoms with Crippen LogP contribution in [0, 0.1) is 5.82 Å². The van der Waals surface area contributed by atoms with Crippen LogP contribution >= 0.6 is 23.5 Å². The lowest BCUT2D eigenvalue weighted by Crippen LogP contribution is -2.14. The van der Waals surface area contributed by atoms with Crippen LogP contribution in [0.15, 0.2) is 64.1 Å². The quantitative estimate of drug-likeness (QED) is 0.141. The van der Waals surface area contributed by atoms with Crippen LogP contribution in [0.25, 0.3) is 11.2 Å². The third kappa shape index (κ3) is 7.18. The van der Waals surface area contributed by atoms with Crippen molar-refractivity contribution in [3.63, 3.8) is 0 Å². The van der Waals surface area contributed by atoms with Gasteiger partial charge in [-0.3, -0.25) is 23.7 Å². The third-order valence-electron chi connectivity index (χ3n) is 5.09. The minimum atomic E-state index is -3.90. The number of carbonyl (C=O) groups excluding carboxylic acids is 1. The molecule has 0 saturated heterocycles. The molecule has 4 aromatic rings. The third-order valence-corrected chi connectivity index (χ3v) is 7.13. The lowest BCUT2D eigenvalue weighted by Gasteiger charge is -2.19. The first-order valence-corrected chi connectivity index (χ1v) is 13.4. The van der Waals surface area contributed by atoms with E-state index in [0.29, 0.717) is 0 Å². The van der Waals surface area contributed by atoms with E-state index in [9.17, 15) is 18.5 Å². The molecule has 4 rings (SSSR count). The number of ketones is 1. The largest absolute Gasteiger partial charge is 0.369 e. The van der Waals surface area contributed by atoms with Gasteiger partial charge in [0.05, 0.1) is 19.5 Å². The summed E-state index contributed by atoms with van der Waals surface area (Å²) in [7, 11) is -3.90. The molecule has 2 aromatic heterocycles. The van der Waals surface area contributed by atoms with Crippen molar-refractivity contribution < 1.29 is 27.5 Å². The van der Waals surface area contributed by atoms with Gasteiger partial charge in [0.25, 0.3) is 5.56 Å². The fraction of sp³-hybridized carbons (Fsp3) is 0.217. The maximum atomic E-state index is 13.4. The van der Waals surface area contributed by atoms with Gasteiger partial charge in [0, 0.05) is 16.6 Å². The number of imidazole rings is 1. The molecule has 0 radical (unpaired) electrons. The molecule has 0 bridgehead atoms. The van der Waals surface area contributed by atoms with E-state index in [2.05, 4.69) is 30.9 Å². The fourth-order valence-corrected chi connectivity index (χ4v) is 4.94. The molecule has 2 aromatic carbocycles. The number of nitrogens with zero attached hydrogens (tertiary/aromatic N) is 3. The maximum absolute atomic E-state index is 13.4. The molecule has 0 fully saturated rings. The van der Waals surface area contributed by atoms with Crippen molar-refractivity contribution in [3.05, 3.63) is 86.6 Å². The number of carbonyl (C=O) groups is 1. The number of hydrogen-bond donors (Lipinski definition) is 2. The number of fused-ring (bicyclic) bond motifs is 1. The van der Waals surface area contributed by atoms with Gasteiger partial charge in [-0.05, 0) is 42.0 Å². The minimum Gasteiger partial charge on any atom is -0.369 e. The molecule has 14 heteroatoms. The number of benzene rings is 2. The van der Waals surface area contributed by atoms with Crippen molar-refractivity contribution in [3.8, 4) is 0 Å². The summed E-state index contributed by atoms with van der Waals surface area (Å²) in [6.45, 7) is -0.349. The van der Waals surface area contributed by atoms with Crippen LogP contribution < -0.4 is 11.3 Å². The van der Waals surface area contributed by atoms with Crippen LogP contribution in [-0.2, 0) is 31.5 Å². The normalized spacial score (nSPS) is 13.0. The van der Waals surface area contributed by atoms with Crippen LogP contribution in [0.4, 0.5) is 10.3 Å². The zero-order valence-corrected chi connectivity index (χ0v) is 21.8. The van der Waals surface area contributed by atoms with Gasteiger partial charge >= 0.3 is 7.60 Å². The highest BCUT2D eigenvalue weighted by molar-refractivity contribution is 9.10. The van der Waals surface area contributed by atoms with E-state index in [0.717, 1.165) is 22.2 Å². The van der Waals surface area contributed by atoms with Crippen molar-refractivity contribution in [1.82, 2.24) is 19.5 Å². The summed E-state index contributed by atoms with van der Waals surface area (Å²) >= 11 is 3.37. The Balaban J connectivity index is 1.40. The zero-order chi connectivity index (χ0) is 26.4. The van der Waals surface area contributed by atoms with Gasteiger partial charge in [0.1, 0.15) is 18.8 Å². The highest BCUT2D eigenvalue weighted by atomic mass is 79.9. The van der Waals surface area contributed by atoms with Crippen molar-refractivity contribution in [2.45, 2.75) is 13.2 Å². The summed E-state index contributed by atoms with van der Waals surface area (Å²) < 4.78 is 45.6. The van der Waals surface area contributed by atoms with Crippen LogP contribution in [0.2, 0.25) is 0 Å². The maximum Gasteiger partial charge on any atom is 0.356 e. The van der Waals surface area contributed by atoms with Gasteiger partial charge in [0.15, 0.2) is 16.9 Å². The molecule has 0 spiro atoms. The molecule has 37 heavy (non-hydrogen) atoms. The summed E-state index contributed by atoms with van der Waals surface area (Å²) in [5.41, 5.74) is 6.47. The van der Waals surface area contributed by atoms with Gasteiger partial charge in [-0.1, -0.05) is 28.1 Å². The SMILES string of the molecule is Nc1nc2c(ncn2CCOCP(=O)(OCC(=O)c2ccc(F)cc2)OCc2cccc(Br)c2)c(=O)[nH]1. The van der Waals surface area contributed by atoms with Crippen LogP contribution in [0.1, 0.15) is 15.9 Å². The number of ether oxygens (including phenoxy) is 1. The number of rotatable bonds is 12. The summed E-state index contributed by atoms with van der Waals surface area (Å²) in [6, 6.07) is 12.1. The summed E-state index contributed by atoms with van der Waals surface area (Å²) in [6.07, 6.45) is 0.970. The number of Topliss-reactive ketones (excluding diaryl/α,β-unsaturated/α-hetero) is 1. The Hall–Kier alpha value is -3.22. The molecule has 0 aliphatic rings. The number of anilines is 1. The Morgan fingerprint density at radius 3 is 2.73 bits per heavy atom. The average Bonchev–Trinajstić information content (AvgIpc) is 3.28. The van der Waals surface area contributed by atoms with E-state index in [-0.39, 0.29) is 42.4 Å². The summed E-state index contributed by atoms with van der Waals surface area (Å²) in [5.74, 6) is -1.03. The van der Waals surface area contributed by atoms with Gasteiger partial charge in [0.2, 0.25) is 5.95 Å². The van der Waals surface area contributed by atoms with E-state index >= 15 is 0 Å². The standard InChI is InChI=1S/C23H22BrFN5O6P/c24-17-3-1-2-15(10-17)11-35-37(33,36-12-19(31)16-4-6-18(25)7-5-16)14-34-9-8-30-13-27-20-21(30)28-23(26)29-22(20)32/h1-7,10,13H,8-9,11-12,14H2,(H3,26,28,29,32). The second-order valence-electron chi connectivity index (χ2n) is 7.82. The first-order chi connectivity index (χ1) is 17.7. The molecule has 0 amide bonds. The minimum absolute atomic E-state index is 0.0410. The van der Waals surface area contributed by atoms with Crippen molar-refractivity contribution in [2.24, 2.45) is 0 Å². The van der Waals surface area contributed by atoms with Gasteiger partial charge in [-0.25, -0.2) is 9.37 Å². The smallest absolute Gasteiger partial charge is 0.356 e. The van der Waals surface area contributed by atoms with E-state index in [4.69, 9.17) is 19.5 Å². The molecule has 0 aliphatic heterocycles. The zero-order valence-electron chi connectivity index (χ0n) is 19.3. The van der Waals surface area contributed by atoms with Crippen molar-refractivity contribution in [2.75, 3.05) is 25.3 Å². The summed E-state index contributed by atoms with van der Waals surface area (Å²) in [5, 5.41) is 0. The number of nitrogen functional groups attached to an aromatic ring is 1. The van der Waals surface area contributed by atoms with E-state index in [1.807, 2.05) is 6.07 Å². The molecule has 0 saturated carbocycles. The van der Waals surface area contributed by atoms with Crippen LogP contribution in [-0.4, -0.2) is 44.9 Å². The Bertz CT molecular complexity index is 1510. The lowest BCUT2D eigenvalue weighted by molar-refractivity contribution is 0.0855. The number of nitrogens with two attached hydrogens (primary N) is 1. The molecule has 1 atom stereocenters. The Kier molecular flexibility index (Phi) is 8.62. The van der Waals surface area contributed by atoms with Crippen LogP contribution in [0.3, 0.4) is 0 Å². The molecule has 1 unspecified atom stereocenters. The molecule has 2 heterocycles. The topological polar surface area (TPSA) is 151 Å². The molecular weight excluding hydrogens is 572 g/mol. The monoisotopic (exact) mass is 593 g/mol. The number of aromatic nitrogens is 4. The first-order valence-electron chi connectivity index (χ1n) is 10.9. The molecular formula is C23H22BrFN5O6P. The second-order valence-corrected chi connectivity index (χ2v) is 10.7. The van der Waals surface area contributed by atoms with E-state index in [1.165, 1.54) is 18.5 Å². The van der Waals surface area contributed by atoms with E-state index < -0.39 is 37.7 Å². The number of hydrogen-bond acceptors (Lipinski definition) is 9. The Morgan fingerprint density at radius 2 is 1.97 bits per heavy atom. The lowest BCUT2D eigenvalue weighted by atomic mass is 10.1. The Labute approximate surface area is 218 Å². The number of nitrogens with one attached hydrogen (secondary N) is 1. The predicted molar refractivity (Wildman–Crippen MR) is 137 cm³/mol. The van der Waals surface area contributed by atoms with Gasteiger partial charge < -0.3 is 19.6 Å². The summed E-state index contributed by atoms with van der Waals surface area (Å²) in [4.78, 5) is 34.8. The number of halogens is 2. The van der Waals surface area contributed by atoms with Crippen LogP contribution in [0.5, 0.6) is 0 Å². The Morgan fingerprint density at radius 1 is 1.19 bits per heavy atom. The van der Waals surface area contributed by atoms with Crippen molar-refractivity contribution in [1.29, 1.82) is 0 Å². The molecule has 0 aliphatic carbocycles. The number of H-pyrrole nitrogens is 1. The molecule has 11 nitrogen and oxygen atoms in total. The highest BCUT2D eigenvalue weighted by Crippen LogP contribution is 2.49. The fourth-order valence-electron chi connectivity index (χ4n) is 3.26. The molecule has 194 valence electrons.